The molecule has 27 heavy (non-hydrogen) atoms. The molecule has 4 nitrogen and oxygen atoms in total. The zero-order valence-corrected chi connectivity index (χ0v) is 15.3. The van der Waals surface area contributed by atoms with Crippen LogP contribution in [0.5, 0.6) is 5.75 Å². The van der Waals surface area contributed by atoms with E-state index in [-0.39, 0.29) is 10.3 Å². The Bertz CT molecular complexity index is 1270. The van der Waals surface area contributed by atoms with Gasteiger partial charge in [0.05, 0.1) is 22.9 Å². The van der Waals surface area contributed by atoms with Crippen molar-refractivity contribution >= 4 is 38.2 Å². The van der Waals surface area contributed by atoms with E-state index in [0.717, 1.165) is 28.2 Å². The summed E-state index contributed by atoms with van der Waals surface area (Å²) in [4.78, 5) is 17.2. The second-order valence-corrected chi connectivity index (χ2v) is 7.00. The van der Waals surface area contributed by atoms with E-state index in [4.69, 9.17) is 4.74 Å². The molecule has 1 heterocycles. The maximum absolute atomic E-state index is 14.1. The Morgan fingerprint density at radius 3 is 2.52 bits per heavy atom. The first-order valence-corrected chi connectivity index (χ1v) is 8.90. The molecule has 7 heteroatoms. The molecular weight excluding hydrogens is 370 g/mol. The number of benzene rings is 3. The average molecular weight is 384 g/mol. The molecule has 1 aromatic heterocycles. The van der Waals surface area contributed by atoms with Crippen LogP contribution in [0.25, 0.3) is 21.0 Å². The number of hydrogen-bond acceptors (Lipinski definition) is 3. The highest BCUT2D eigenvalue weighted by atomic mass is 32.1. The van der Waals surface area contributed by atoms with E-state index in [0.29, 0.717) is 16.0 Å². The van der Waals surface area contributed by atoms with Crippen LogP contribution in [0.15, 0.2) is 53.5 Å². The van der Waals surface area contributed by atoms with Crippen LogP contribution >= 0.6 is 11.3 Å². The fraction of sp³-hybridized carbons (Fsp3) is 0.100. The Balaban J connectivity index is 1.89. The number of carbonyl (C=O) groups is 1. The van der Waals surface area contributed by atoms with Crippen LogP contribution in [0.4, 0.5) is 8.78 Å². The van der Waals surface area contributed by atoms with Crippen molar-refractivity contribution in [3.63, 3.8) is 0 Å². The number of hydrogen-bond donors (Lipinski definition) is 0. The predicted molar refractivity (Wildman–Crippen MR) is 101 cm³/mol. The van der Waals surface area contributed by atoms with Crippen LogP contribution in [0, 0.1) is 11.6 Å². The maximum atomic E-state index is 14.1. The topological polar surface area (TPSA) is 43.6 Å². The Kier molecular flexibility index (Phi) is 4.24. The van der Waals surface area contributed by atoms with Crippen molar-refractivity contribution in [2.75, 3.05) is 7.11 Å². The second-order valence-electron chi connectivity index (χ2n) is 5.99. The number of aryl methyl sites for hydroxylation is 1. The molecule has 3 aromatic carbocycles. The summed E-state index contributed by atoms with van der Waals surface area (Å²) in [6.45, 7) is 0. The van der Waals surface area contributed by atoms with Gasteiger partial charge >= 0.3 is 0 Å². The van der Waals surface area contributed by atoms with Gasteiger partial charge in [0.25, 0.3) is 5.91 Å². The van der Waals surface area contributed by atoms with Gasteiger partial charge in [-0.2, -0.15) is 4.99 Å². The first-order chi connectivity index (χ1) is 13.0. The number of aromatic nitrogens is 1. The first-order valence-electron chi connectivity index (χ1n) is 8.08. The van der Waals surface area contributed by atoms with Crippen LogP contribution < -0.4 is 9.54 Å². The number of amides is 1. The van der Waals surface area contributed by atoms with Crippen molar-refractivity contribution < 1.29 is 18.3 Å². The summed E-state index contributed by atoms with van der Waals surface area (Å²) in [5.41, 5.74) is 0.513. The summed E-state index contributed by atoms with van der Waals surface area (Å²) < 4.78 is 34.7. The summed E-state index contributed by atoms with van der Waals surface area (Å²) in [5, 5.41) is 1.82. The van der Waals surface area contributed by atoms with Gasteiger partial charge in [-0.15, -0.1) is 0 Å². The van der Waals surface area contributed by atoms with Gasteiger partial charge in [0.1, 0.15) is 11.6 Å². The highest BCUT2D eigenvalue weighted by molar-refractivity contribution is 7.16. The molecule has 0 fully saturated rings. The van der Waals surface area contributed by atoms with Crippen molar-refractivity contribution in [2.45, 2.75) is 0 Å². The first kappa shape index (κ1) is 17.4. The number of halogens is 2. The minimum atomic E-state index is -0.694. The molecule has 1 amide bonds. The predicted octanol–water partition coefficient (Wildman–Crippen LogP) is 4.42. The molecule has 0 N–H and O–H groups in total. The summed E-state index contributed by atoms with van der Waals surface area (Å²) in [6.07, 6.45) is 0. The lowest BCUT2D eigenvalue weighted by Crippen LogP contribution is -2.14. The van der Waals surface area contributed by atoms with Crippen LogP contribution in [-0.2, 0) is 7.05 Å². The lowest BCUT2D eigenvalue weighted by atomic mass is 10.1. The SMILES string of the molecule is COc1cc2ccccc2cc1C(=O)N=c1sc2cc(F)cc(F)c2n1C. The third-order valence-corrected chi connectivity index (χ3v) is 5.39. The van der Waals surface area contributed by atoms with E-state index in [9.17, 15) is 13.6 Å². The maximum Gasteiger partial charge on any atom is 0.283 e. The molecule has 0 saturated heterocycles. The van der Waals surface area contributed by atoms with Gasteiger partial charge in [-0.3, -0.25) is 4.79 Å². The van der Waals surface area contributed by atoms with Crippen LogP contribution in [-0.4, -0.2) is 17.6 Å². The third-order valence-electron chi connectivity index (χ3n) is 4.31. The van der Waals surface area contributed by atoms with Gasteiger partial charge in [0.15, 0.2) is 10.6 Å². The minimum Gasteiger partial charge on any atom is -0.496 e. The molecule has 0 saturated carbocycles. The third kappa shape index (κ3) is 3.00. The molecule has 0 spiro atoms. The summed E-state index contributed by atoms with van der Waals surface area (Å²) in [6, 6.07) is 13.1. The van der Waals surface area contributed by atoms with Crippen molar-refractivity contribution in [3.05, 3.63) is 70.5 Å². The number of thiazole rings is 1. The standard InChI is InChI=1S/C20H14F2N2O2S/c1-24-18-15(22)9-13(21)10-17(18)27-20(24)23-19(25)14-7-11-5-3-4-6-12(11)8-16(14)26-2/h3-10H,1-2H3. The lowest BCUT2D eigenvalue weighted by Gasteiger charge is -2.07. The Morgan fingerprint density at radius 2 is 1.81 bits per heavy atom. The molecule has 4 rings (SSSR count). The van der Waals surface area contributed by atoms with Gasteiger partial charge in [0, 0.05) is 13.1 Å². The van der Waals surface area contributed by atoms with Crippen LogP contribution in [0.2, 0.25) is 0 Å². The Morgan fingerprint density at radius 1 is 1.11 bits per heavy atom. The molecule has 0 unspecified atom stereocenters. The lowest BCUT2D eigenvalue weighted by molar-refractivity contribution is 0.0995. The van der Waals surface area contributed by atoms with Crippen molar-refractivity contribution in [2.24, 2.45) is 12.0 Å². The zero-order chi connectivity index (χ0) is 19.1. The molecule has 0 radical (unpaired) electrons. The second kappa shape index (κ2) is 6.59. The number of methoxy groups -OCH3 is 1. The molecule has 0 bridgehead atoms. The fourth-order valence-electron chi connectivity index (χ4n) is 3.01. The molecule has 0 aliphatic heterocycles. The molecule has 4 aromatic rings. The fourth-order valence-corrected chi connectivity index (χ4v) is 4.06. The normalized spacial score (nSPS) is 12.1. The quantitative estimate of drug-likeness (QED) is 0.513. The average Bonchev–Trinajstić information content (AvgIpc) is 2.95. The summed E-state index contributed by atoms with van der Waals surface area (Å²) in [5.74, 6) is -1.47. The van der Waals surface area contributed by atoms with E-state index < -0.39 is 17.5 Å². The van der Waals surface area contributed by atoms with E-state index in [1.807, 2.05) is 24.3 Å². The van der Waals surface area contributed by atoms with Gasteiger partial charge in [-0.1, -0.05) is 35.6 Å². The summed E-state index contributed by atoms with van der Waals surface area (Å²) >= 11 is 1.05. The largest absolute Gasteiger partial charge is 0.496 e. The number of fused-ring (bicyclic) bond motifs is 2. The van der Waals surface area contributed by atoms with Gasteiger partial charge in [-0.25, -0.2) is 8.78 Å². The molecule has 136 valence electrons. The number of nitrogens with zero attached hydrogens (tertiary/aromatic N) is 2. The summed E-state index contributed by atoms with van der Waals surface area (Å²) in [7, 11) is 3.07. The van der Waals surface area contributed by atoms with Crippen molar-refractivity contribution in [3.8, 4) is 5.75 Å². The smallest absolute Gasteiger partial charge is 0.283 e. The van der Waals surface area contributed by atoms with Crippen LogP contribution in [0.1, 0.15) is 10.4 Å². The monoisotopic (exact) mass is 384 g/mol. The number of carbonyl (C=O) groups excluding carboxylic acids is 1. The van der Waals surface area contributed by atoms with E-state index in [1.165, 1.54) is 17.7 Å². The van der Waals surface area contributed by atoms with E-state index >= 15 is 0 Å². The van der Waals surface area contributed by atoms with Gasteiger partial charge in [0.2, 0.25) is 0 Å². The zero-order valence-electron chi connectivity index (χ0n) is 14.5. The van der Waals surface area contributed by atoms with Gasteiger partial charge in [-0.05, 0) is 29.0 Å². The van der Waals surface area contributed by atoms with Crippen LogP contribution in [0.3, 0.4) is 0 Å². The van der Waals surface area contributed by atoms with E-state index in [1.54, 1.807) is 19.2 Å². The Labute approximate surface area is 157 Å². The Hall–Kier alpha value is -3.06. The molecule has 0 atom stereocenters. The highest BCUT2D eigenvalue weighted by Crippen LogP contribution is 2.27. The number of ether oxygens (including phenoxy) is 1. The van der Waals surface area contributed by atoms with Gasteiger partial charge < -0.3 is 9.30 Å². The highest BCUT2D eigenvalue weighted by Gasteiger charge is 2.15. The molecular formula is C20H14F2N2O2S. The van der Waals surface area contributed by atoms with Crippen molar-refractivity contribution in [1.82, 2.24) is 4.57 Å². The minimum absolute atomic E-state index is 0.207. The van der Waals surface area contributed by atoms with Crippen molar-refractivity contribution in [1.29, 1.82) is 0 Å². The van der Waals surface area contributed by atoms with E-state index in [2.05, 4.69) is 4.99 Å². The molecule has 0 aliphatic rings. The number of rotatable bonds is 2. The molecule has 0 aliphatic carbocycles.